The van der Waals surface area contributed by atoms with Gasteiger partial charge in [-0.25, -0.2) is 4.98 Å². The minimum Gasteiger partial charge on any atom is -0.481 e. The van der Waals surface area contributed by atoms with Gasteiger partial charge >= 0.3 is 5.97 Å². The highest BCUT2D eigenvalue weighted by Gasteiger charge is 2.51. The fourth-order valence-electron chi connectivity index (χ4n) is 2.24. The van der Waals surface area contributed by atoms with E-state index in [1.165, 1.54) is 0 Å². The normalized spacial score (nSPS) is 17.3. The van der Waals surface area contributed by atoms with Crippen LogP contribution in [0.15, 0.2) is 22.6 Å². The van der Waals surface area contributed by atoms with Gasteiger partial charge < -0.3 is 9.52 Å². The van der Waals surface area contributed by atoms with E-state index in [2.05, 4.69) is 4.98 Å². The third-order valence-electron chi connectivity index (χ3n) is 3.61. The Bertz CT molecular complexity index is 623. The van der Waals surface area contributed by atoms with E-state index < -0.39 is 11.4 Å². The first-order valence-electron chi connectivity index (χ1n) is 6.17. The Kier molecular flexibility index (Phi) is 2.24. The lowest BCUT2D eigenvalue weighted by atomic mass is 9.96. The zero-order valence-corrected chi connectivity index (χ0v) is 10.4. The molecule has 0 bridgehead atoms. The third kappa shape index (κ3) is 1.52. The van der Waals surface area contributed by atoms with E-state index in [1.54, 1.807) is 0 Å². The van der Waals surface area contributed by atoms with Crippen LogP contribution in [-0.2, 0) is 10.2 Å². The highest BCUT2D eigenvalue weighted by Crippen LogP contribution is 2.48. The molecule has 1 aromatic carbocycles. The van der Waals surface area contributed by atoms with Crippen molar-refractivity contribution in [1.29, 1.82) is 0 Å². The van der Waals surface area contributed by atoms with E-state index >= 15 is 0 Å². The molecule has 2 aromatic rings. The molecule has 1 fully saturated rings. The molecule has 4 nitrogen and oxygen atoms in total. The van der Waals surface area contributed by atoms with Crippen molar-refractivity contribution in [3.05, 3.63) is 29.7 Å². The van der Waals surface area contributed by atoms with Crippen molar-refractivity contribution in [2.24, 2.45) is 0 Å². The maximum atomic E-state index is 11.3. The van der Waals surface area contributed by atoms with Crippen LogP contribution in [0.4, 0.5) is 0 Å². The number of hydrogen-bond donors (Lipinski definition) is 1. The number of carboxylic acids is 1. The van der Waals surface area contributed by atoms with Crippen LogP contribution in [0.5, 0.6) is 0 Å². The van der Waals surface area contributed by atoms with Crippen LogP contribution in [0.2, 0.25) is 0 Å². The van der Waals surface area contributed by atoms with Gasteiger partial charge in [-0.15, -0.1) is 0 Å². The summed E-state index contributed by atoms with van der Waals surface area (Å²) in [4.78, 5) is 15.7. The van der Waals surface area contributed by atoms with Crippen molar-refractivity contribution < 1.29 is 14.3 Å². The van der Waals surface area contributed by atoms with Gasteiger partial charge in [-0.2, -0.15) is 0 Å². The largest absolute Gasteiger partial charge is 0.481 e. The molecular weight excluding hydrogens is 230 g/mol. The fourth-order valence-corrected chi connectivity index (χ4v) is 2.24. The molecule has 0 aliphatic heterocycles. The molecule has 1 aromatic heterocycles. The van der Waals surface area contributed by atoms with Gasteiger partial charge in [0, 0.05) is 5.92 Å². The van der Waals surface area contributed by atoms with E-state index in [0.29, 0.717) is 18.7 Å². The molecule has 1 N–H and O–H groups in total. The lowest BCUT2D eigenvalue weighted by molar-refractivity contribution is -0.140. The molecule has 0 unspecified atom stereocenters. The second kappa shape index (κ2) is 3.57. The smallest absolute Gasteiger partial charge is 0.314 e. The topological polar surface area (TPSA) is 63.3 Å². The maximum Gasteiger partial charge on any atom is 0.314 e. The van der Waals surface area contributed by atoms with Crippen molar-refractivity contribution in [3.8, 4) is 0 Å². The Morgan fingerprint density at radius 3 is 2.72 bits per heavy atom. The van der Waals surface area contributed by atoms with Crippen LogP contribution in [0, 0.1) is 0 Å². The van der Waals surface area contributed by atoms with Crippen LogP contribution >= 0.6 is 0 Å². The Balaban J connectivity index is 2.09. The molecule has 0 spiro atoms. The number of nitrogens with zero attached hydrogens (tertiary/aromatic N) is 1. The fraction of sp³-hybridized carbons (Fsp3) is 0.429. The van der Waals surface area contributed by atoms with E-state index in [0.717, 1.165) is 16.7 Å². The number of aliphatic carboxylic acids is 1. The van der Waals surface area contributed by atoms with Crippen molar-refractivity contribution in [2.75, 3.05) is 0 Å². The Morgan fingerprint density at radius 2 is 2.17 bits per heavy atom. The van der Waals surface area contributed by atoms with Crippen LogP contribution in [0.1, 0.15) is 44.1 Å². The van der Waals surface area contributed by atoms with Gasteiger partial charge in [0.2, 0.25) is 0 Å². The number of aromatic nitrogens is 1. The molecule has 0 radical (unpaired) electrons. The number of benzene rings is 1. The van der Waals surface area contributed by atoms with Gasteiger partial charge in [0.15, 0.2) is 11.5 Å². The van der Waals surface area contributed by atoms with E-state index in [1.807, 2.05) is 32.0 Å². The summed E-state index contributed by atoms with van der Waals surface area (Å²) in [6, 6.07) is 5.52. The molecule has 94 valence electrons. The predicted molar refractivity (Wildman–Crippen MR) is 66.6 cm³/mol. The summed E-state index contributed by atoms with van der Waals surface area (Å²) in [7, 11) is 0. The molecule has 1 aliphatic carbocycles. The molecule has 0 atom stereocenters. The van der Waals surface area contributed by atoms with Crippen LogP contribution < -0.4 is 0 Å². The SMILES string of the molecule is CC(C)c1nc2cc(C3(C(=O)O)CC3)ccc2o1. The zero-order chi connectivity index (χ0) is 12.9. The minimum atomic E-state index is -0.741. The summed E-state index contributed by atoms with van der Waals surface area (Å²) in [5, 5.41) is 9.28. The number of oxazole rings is 1. The lowest BCUT2D eigenvalue weighted by Crippen LogP contribution is -2.19. The number of fused-ring (bicyclic) bond motifs is 1. The van der Waals surface area contributed by atoms with Gasteiger partial charge in [0.1, 0.15) is 5.52 Å². The number of hydrogen-bond acceptors (Lipinski definition) is 3. The average Bonchev–Trinajstić information content (AvgIpc) is 3.02. The van der Waals surface area contributed by atoms with Gasteiger partial charge in [-0.05, 0) is 30.5 Å². The lowest BCUT2D eigenvalue weighted by Gasteiger charge is -2.08. The van der Waals surface area contributed by atoms with Gasteiger partial charge in [-0.1, -0.05) is 19.9 Å². The maximum absolute atomic E-state index is 11.3. The Labute approximate surface area is 105 Å². The standard InChI is InChI=1S/C14H15NO3/c1-8(2)12-15-10-7-9(3-4-11(10)18-12)14(5-6-14)13(16)17/h3-4,7-8H,5-6H2,1-2H3,(H,16,17). The Morgan fingerprint density at radius 1 is 1.44 bits per heavy atom. The third-order valence-corrected chi connectivity index (χ3v) is 3.61. The average molecular weight is 245 g/mol. The molecule has 1 saturated carbocycles. The second-order valence-corrected chi connectivity index (χ2v) is 5.28. The Hall–Kier alpha value is -1.84. The van der Waals surface area contributed by atoms with Crippen molar-refractivity contribution in [3.63, 3.8) is 0 Å². The summed E-state index contributed by atoms with van der Waals surface area (Å²) in [6.07, 6.45) is 1.42. The van der Waals surface area contributed by atoms with Crippen LogP contribution in [0.3, 0.4) is 0 Å². The molecule has 4 heteroatoms. The van der Waals surface area contributed by atoms with Gasteiger partial charge in [-0.3, -0.25) is 4.79 Å². The summed E-state index contributed by atoms with van der Waals surface area (Å²) in [6.45, 7) is 4.04. The van der Waals surface area contributed by atoms with Crippen LogP contribution in [-0.4, -0.2) is 16.1 Å². The molecule has 1 aliphatic rings. The van der Waals surface area contributed by atoms with Crippen LogP contribution in [0.25, 0.3) is 11.1 Å². The van der Waals surface area contributed by atoms with Crippen molar-refractivity contribution >= 4 is 17.1 Å². The van der Waals surface area contributed by atoms with E-state index in [4.69, 9.17) is 4.42 Å². The monoisotopic (exact) mass is 245 g/mol. The van der Waals surface area contributed by atoms with Crippen molar-refractivity contribution in [2.45, 2.75) is 38.0 Å². The van der Waals surface area contributed by atoms with E-state index in [9.17, 15) is 9.90 Å². The molecule has 18 heavy (non-hydrogen) atoms. The number of carbonyl (C=O) groups is 1. The van der Waals surface area contributed by atoms with Crippen molar-refractivity contribution in [1.82, 2.24) is 4.98 Å². The molecule has 0 amide bonds. The van der Waals surface area contributed by atoms with Gasteiger partial charge in [0.05, 0.1) is 5.41 Å². The number of rotatable bonds is 3. The molecule has 0 saturated heterocycles. The summed E-state index contributed by atoms with van der Waals surface area (Å²) < 4.78 is 5.62. The summed E-state index contributed by atoms with van der Waals surface area (Å²) >= 11 is 0. The predicted octanol–water partition coefficient (Wildman–Crippen LogP) is 3.07. The zero-order valence-electron chi connectivity index (χ0n) is 10.4. The quantitative estimate of drug-likeness (QED) is 0.902. The second-order valence-electron chi connectivity index (χ2n) is 5.28. The summed E-state index contributed by atoms with van der Waals surface area (Å²) in [5.41, 5.74) is 1.64. The minimum absolute atomic E-state index is 0.232. The first kappa shape index (κ1) is 11.3. The number of carboxylic acid groups (broad SMARTS) is 1. The summed E-state index contributed by atoms with van der Waals surface area (Å²) in [5.74, 6) is 0.187. The van der Waals surface area contributed by atoms with Gasteiger partial charge in [0.25, 0.3) is 0 Å². The molecule has 3 rings (SSSR count). The first-order chi connectivity index (χ1) is 8.53. The molecule has 1 heterocycles. The first-order valence-corrected chi connectivity index (χ1v) is 6.17. The molecular formula is C14H15NO3. The highest BCUT2D eigenvalue weighted by molar-refractivity contribution is 5.87. The highest BCUT2D eigenvalue weighted by atomic mass is 16.4. The van der Waals surface area contributed by atoms with E-state index in [-0.39, 0.29) is 5.92 Å².